The van der Waals surface area contributed by atoms with E-state index < -0.39 is 12.2 Å². The van der Waals surface area contributed by atoms with Crippen molar-refractivity contribution < 1.29 is 28.6 Å². The Morgan fingerprint density at radius 3 is 2.40 bits per heavy atom. The molecule has 0 spiro atoms. The normalized spacial score (nSPS) is 10.7. The number of benzene rings is 3. The highest BCUT2D eigenvalue weighted by atomic mass is 16.6. The number of unbranched alkanes of at least 4 members (excludes halogenated alkanes) is 3. The van der Waals surface area contributed by atoms with Crippen LogP contribution in [-0.4, -0.2) is 53.7 Å². The number of aryl methyl sites for hydroxylation is 1. The van der Waals surface area contributed by atoms with Crippen LogP contribution in [0.1, 0.15) is 69.3 Å². The van der Waals surface area contributed by atoms with E-state index in [0.29, 0.717) is 53.7 Å². The van der Waals surface area contributed by atoms with Gasteiger partial charge in [-0.1, -0.05) is 51.3 Å². The predicted molar refractivity (Wildman–Crippen MR) is 186 cm³/mol. The van der Waals surface area contributed by atoms with Crippen LogP contribution < -0.4 is 20.3 Å². The molecule has 0 fully saturated rings. The van der Waals surface area contributed by atoms with Crippen molar-refractivity contribution in [2.45, 2.75) is 65.8 Å². The minimum atomic E-state index is -0.630. The van der Waals surface area contributed by atoms with E-state index >= 15 is 0 Å². The molecule has 12 nitrogen and oxygen atoms in total. The SMILES string of the molecule is CCCCCCOC(=O)NC(=N)c1ccc(NCc2nc3c(C)c(OC(=O)N(CCC(=O)OCCC)c4ccccc4)ccc3[nH]2)cc1. The van der Waals surface area contributed by atoms with E-state index in [4.69, 9.17) is 24.6 Å². The Kier molecular flexibility index (Phi) is 13.4. The topological polar surface area (TPSA) is 159 Å². The van der Waals surface area contributed by atoms with Gasteiger partial charge < -0.3 is 24.5 Å². The van der Waals surface area contributed by atoms with Crippen LogP contribution in [0.3, 0.4) is 0 Å². The van der Waals surface area contributed by atoms with Gasteiger partial charge in [0.15, 0.2) is 0 Å². The number of aromatic amines is 1. The number of carbonyl (C=O) groups excluding carboxylic acids is 3. The van der Waals surface area contributed by atoms with Gasteiger partial charge in [-0.3, -0.25) is 20.4 Å². The largest absolute Gasteiger partial charge is 0.466 e. The number of amides is 2. The summed E-state index contributed by atoms with van der Waals surface area (Å²) in [6.07, 6.45) is 3.54. The molecule has 12 heteroatoms. The van der Waals surface area contributed by atoms with Crippen LogP contribution >= 0.6 is 0 Å². The number of para-hydroxylation sites is 1. The van der Waals surface area contributed by atoms with Gasteiger partial charge in [0.05, 0.1) is 37.2 Å². The fourth-order valence-electron chi connectivity index (χ4n) is 4.86. The third-order valence-electron chi connectivity index (χ3n) is 7.49. The highest BCUT2D eigenvalue weighted by molar-refractivity contribution is 6.04. The molecule has 0 saturated heterocycles. The van der Waals surface area contributed by atoms with Gasteiger partial charge in [0.2, 0.25) is 0 Å². The fourth-order valence-corrected chi connectivity index (χ4v) is 4.86. The van der Waals surface area contributed by atoms with Gasteiger partial charge in [0.25, 0.3) is 0 Å². The summed E-state index contributed by atoms with van der Waals surface area (Å²) < 4.78 is 16.2. The number of hydrogen-bond donors (Lipinski definition) is 4. The quantitative estimate of drug-likeness (QED) is 0.0419. The van der Waals surface area contributed by atoms with Crippen molar-refractivity contribution in [3.8, 4) is 5.75 Å². The van der Waals surface area contributed by atoms with E-state index in [1.807, 2.05) is 44.2 Å². The van der Waals surface area contributed by atoms with Crippen LogP contribution in [0.25, 0.3) is 11.0 Å². The molecule has 254 valence electrons. The standard InChI is InChI=1S/C36H44N6O6/c1-4-6-7-11-23-47-35(44)41-34(37)26-14-16-27(17-15-26)38-24-31-39-29-18-19-30(25(3)33(29)40-31)48-36(45)42(28-12-9-8-10-13-28)21-20-32(43)46-22-5-2/h8-10,12-19,38H,4-7,11,20-24H2,1-3H3,(H,39,40)(H2,37,41,44). The van der Waals surface area contributed by atoms with E-state index in [2.05, 4.69) is 22.5 Å². The summed E-state index contributed by atoms with van der Waals surface area (Å²) in [5.74, 6) is 0.623. The number of imidazole rings is 1. The summed E-state index contributed by atoms with van der Waals surface area (Å²) in [5.41, 5.74) is 4.10. The summed E-state index contributed by atoms with van der Waals surface area (Å²) in [4.78, 5) is 46.9. The van der Waals surface area contributed by atoms with Gasteiger partial charge in [-0.15, -0.1) is 0 Å². The molecular formula is C36H44N6O6. The molecule has 0 aliphatic rings. The van der Waals surface area contributed by atoms with Crippen molar-refractivity contribution in [3.63, 3.8) is 0 Å². The Morgan fingerprint density at radius 2 is 1.67 bits per heavy atom. The molecule has 0 bridgehead atoms. The molecule has 3 aromatic carbocycles. The summed E-state index contributed by atoms with van der Waals surface area (Å²) in [7, 11) is 0. The Bertz CT molecular complexity index is 1670. The molecule has 1 aromatic heterocycles. The van der Waals surface area contributed by atoms with Gasteiger partial charge in [0.1, 0.15) is 17.4 Å². The second-order valence-corrected chi connectivity index (χ2v) is 11.2. The average molecular weight is 657 g/mol. The molecule has 0 aliphatic heterocycles. The Labute approximate surface area is 280 Å². The van der Waals surface area contributed by atoms with Crippen molar-refractivity contribution in [1.29, 1.82) is 5.41 Å². The summed E-state index contributed by atoms with van der Waals surface area (Å²) in [6, 6.07) is 19.7. The lowest BCUT2D eigenvalue weighted by Crippen LogP contribution is -2.35. The minimum absolute atomic E-state index is 0.0355. The first kappa shape index (κ1) is 35.5. The van der Waals surface area contributed by atoms with Crippen LogP contribution in [0.4, 0.5) is 21.0 Å². The number of aromatic nitrogens is 2. The molecule has 0 saturated carbocycles. The molecule has 0 atom stereocenters. The number of ether oxygens (including phenoxy) is 3. The molecule has 1 heterocycles. The number of esters is 1. The number of fused-ring (bicyclic) bond motifs is 1. The number of nitrogens with one attached hydrogen (secondary N) is 4. The molecule has 0 aliphatic carbocycles. The number of H-pyrrole nitrogens is 1. The number of carbonyl (C=O) groups is 3. The third kappa shape index (κ3) is 10.3. The third-order valence-corrected chi connectivity index (χ3v) is 7.49. The zero-order chi connectivity index (χ0) is 34.3. The molecule has 0 unspecified atom stereocenters. The first-order valence-electron chi connectivity index (χ1n) is 16.3. The van der Waals surface area contributed by atoms with Crippen LogP contribution in [0.5, 0.6) is 5.75 Å². The molecule has 4 aromatic rings. The first-order chi connectivity index (χ1) is 23.3. The lowest BCUT2D eigenvalue weighted by atomic mass is 10.2. The predicted octanol–water partition coefficient (Wildman–Crippen LogP) is 7.46. The number of hydrogen-bond acceptors (Lipinski definition) is 9. The average Bonchev–Trinajstić information content (AvgIpc) is 3.52. The van der Waals surface area contributed by atoms with E-state index in [-0.39, 0.29) is 24.8 Å². The molecule has 0 radical (unpaired) electrons. The molecule has 4 N–H and O–H groups in total. The zero-order valence-corrected chi connectivity index (χ0v) is 27.8. The lowest BCUT2D eigenvalue weighted by Gasteiger charge is -2.22. The Morgan fingerprint density at radius 1 is 0.896 bits per heavy atom. The highest BCUT2D eigenvalue weighted by Crippen LogP contribution is 2.27. The second-order valence-electron chi connectivity index (χ2n) is 11.2. The number of anilines is 2. The van der Waals surface area contributed by atoms with Gasteiger partial charge >= 0.3 is 18.2 Å². The zero-order valence-electron chi connectivity index (χ0n) is 27.8. The van der Waals surface area contributed by atoms with E-state index in [9.17, 15) is 14.4 Å². The number of nitrogens with zero attached hydrogens (tertiary/aromatic N) is 2. The minimum Gasteiger partial charge on any atom is -0.466 e. The molecular weight excluding hydrogens is 612 g/mol. The van der Waals surface area contributed by atoms with Crippen LogP contribution in [0, 0.1) is 12.3 Å². The smallest absolute Gasteiger partial charge is 0.419 e. The van der Waals surface area contributed by atoms with Crippen molar-refractivity contribution in [1.82, 2.24) is 15.3 Å². The van der Waals surface area contributed by atoms with Crippen LogP contribution in [0.2, 0.25) is 0 Å². The fraction of sp³-hybridized carbons (Fsp3) is 0.361. The summed E-state index contributed by atoms with van der Waals surface area (Å²) in [6.45, 7) is 7.04. The highest BCUT2D eigenvalue weighted by Gasteiger charge is 2.21. The summed E-state index contributed by atoms with van der Waals surface area (Å²) in [5, 5.41) is 14.0. The van der Waals surface area contributed by atoms with Gasteiger partial charge in [-0.25, -0.2) is 14.6 Å². The maximum atomic E-state index is 13.4. The van der Waals surface area contributed by atoms with Gasteiger partial charge in [0, 0.05) is 29.0 Å². The van der Waals surface area contributed by atoms with Gasteiger partial charge in [-0.2, -0.15) is 0 Å². The van der Waals surface area contributed by atoms with Crippen molar-refractivity contribution >= 4 is 46.4 Å². The van der Waals surface area contributed by atoms with E-state index in [1.165, 1.54) is 4.90 Å². The van der Waals surface area contributed by atoms with Crippen molar-refractivity contribution in [2.75, 3.05) is 30.0 Å². The lowest BCUT2D eigenvalue weighted by molar-refractivity contribution is -0.143. The molecule has 2 amide bonds. The maximum Gasteiger partial charge on any atom is 0.419 e. The van der Waals surface area contributed by atoms with Crippen LogP contribution in [-0.2, 0) is 20.8 Å². The number of rotatable bonds is 16. The van der Waals surface area contributed by atoms with Crippen molar-refractivity contribution in [3.05, 3.63) is 83.7 Å². The second kappa shape index (κ2) is 18.1. The van der Waals surface area contributed by atoms with E-state index in [1.54, 1.807) is 36.4 Å². The number of amidine groups is 1. The Hall–Kier alpha value is -5.39. The van der Waals surface area contributed by atoms with Gasteiger partial charge in [-0.05, 0) is 68.3 Å². The molecule has 4 rings (SSSR count). The Balaban J connectivity index is 1.34. The van der Waals surface area contributed by atoms with Crippen molar-refractivity contribution in [2.24, 2.45) is 0 Å². The van der Waals surface area contributed by atoms with E-state index in [0.717, 1.165) is 43.3 Å². The molecule has 48 heavy (non-hydrogen) atoms. The monoisotopic (exact) mass is 656 g/mol. The summed E-state index contributed by atoms with van der Waals surface area (Å²) >= 11 is 0. The maximum absolute atomic E-state index is 13.4. The number of alkyl carbamates (subject to hydrolysis) is 1. The first-order valence-corrected chi connectivity index (χ1v) is 16.3. The van der Waals surface area contributed by atoms with Crippen LogP contribution in [0.15, 0.2) is 66.7 Å².